The summed E-state index contributed by atoms with van der Waals surface area (Å²) < 4.78 is 22.5. The van der Waals surface area contributed by atoms with Gasteiger partial charge in [0.2, 0.25) is 0 Å². The third kappa shape index (κ3) is 2.80. The van der Waals surface area contributed by atoms with Crippen molar-refractivity contribution >= 4 is 5.78 Å². The van der Waals surface area contributed by atoms with Gasteiger partial charge < -0.3 is 18.9 Å². The monoisotopic (exact) mass is 358 g/mol. The Kier molecular flexibility index (Phi) is 5.10. The van der Waals surface area contributed by atoms with Crippen molar-refractivity contribution in [2.24, 2.45) is 11.3 Å². The average molecular weight is 358 g/mol. The summed E-state index contributed by atoms with van der Waals surface area (Å²) in [6.45, 7) is 6.08. The van der Waals surface area contributed by atoms with E-state index in [9.17, 15) is 4.79 Å². The zero-order valence-electron chi connectivity index (χ0n) is 15.8. The van der Waals surface area contributed by atoms with Crippen molar-refractivity contribution in [3.63, 3.8) is 0 Å². The molecular weight excluding hydrogens is 332 g/mol. The van der Waals surface area contributed by atoms with Crippen molar-refractivity contribution in [1.82, 2.24) is 0 Å². The van der Waals surface area contributed by atoms with Gasteiger partial charge in [0.25, 0.3) is 0 Å². The predicted molar refractivity (Wildman–Crippen MR) is 98.3 cm³/mol. The van der Waals surface area contributed by atoms with Crippen LogP contribution in [-0.2, 0) is 14.3 Å². The van der Waals surface area contributed by atoms with E-state index in [1.807, 2.05) is 24.3 Å². The highest BCUT2D eigenvalue weighted by atomic mass is 16.5. The average Bonchev–Trinajstić information content (AvgIpc) is 2.93. The van der Waals surface area contributed by atoms with Gasteiger partial charge in [-0.15, -0.1) is 6.58 Å². The molecule has 0 saturated carbocycles. The number of hydrogen-bond acceptors (Lipinski definition) is 5. The lowest BCUT2D eigenvalue weighted by Crippen LogP contribution is -2.39. The Balaban J connectivity index is 2.02. The minimum absolute atomic E-state index is 0.0395. The van der Waals surface area contributed by atoms with Crippen LogP contribution in [-0.4, -0.2) is 33.2 Å². The summed E-state index contributed by atoms with van der Waals surface area (Å²) in [6, 6.07) is 5.80. The van der Waals surface area contributed by atoms with Crippen molar-refractivity contribution in [3.8, 4) is 11.5 Å². The lowest BCUT2D eigenvalue weighted by atomic mass is 9.65. The third-order valence-corrected chi connectivity index (χ3v) is 5.74. The molecule has 0 amide bonds. The molecule has 0 unspecified atom stereocenters. The summed E-state index contributed by atoms with van der Waals surface area (Å²) in [4.78, 5) is 12.3. The van der Waals surface area contributed by atoms with Crippen LogP contribution in [0.25, 0.3) is 0 Å². The van der Waals surface area contributed by atoms with E-state index in [2.05, 4.69) is 13.5 Å². The number of methoxy groups -OCH3 is 3. The van der Waals surface area contributed by atoms with Crippen LogP contribution in [0.5, 0.6) is 11.5 Å². The molecule has 0 bridgehead atoms. The van der Waals surface area contributed by atoms with Crippen LogP contribution < -0.4 is 9.47 Å². The van der Waals surface area contributed by atoms with Gasteiger partial charge in [-0.25, -0.2) is 0 Å². The standard InChI is InChI=1S/C21H26O5/c1-6-9-21-12-18(25-5)15(22)11-19(21)26-20(13(21)2)14-7-8-16(23-3)17(10-14)24-4/h6-8,10-11,13,18,20H,1,9,12H2,2-5H3/t13-,18-,20-,21-/m0/s1. The molecule has 1 fully saturated rings. The summed E-state index contributed by atoms with van der Waals surface area (Å²) >= 11 is 0. The van der Waals surface area contributed by atoms with Crippen LogP contribution in [0.2, 0.25) is 0 Å². The Morgan fingerprint density at radius 1 is 1.27 bits per heavy atom. The maximum absolute atomic E-state index is 12.3. The Hall–Kier alpha value is -2.27. The van der Waals surface area contributed by atoms with Crippen molar-refractivity contribution in [3.05, 3.63) is 48.3 Å². The fourth-order valence-electron chi connectivity index (χ4n) is 4.20. The van der Waals surface area contributed by atoms with E-state index in [4.69, 9.17) is 18.9 Å². The van der Waals surface area contributed by atoms with Crippen molar-refractivity contribution < 1.29 is 23.7 Å². The Morgan fingerprint density at radius 2 is 2.00 bits per heavy atom. The maximum atomic E-state index is 12.3. The first-order chi connectivity index (χ1) is 12.5. The number of carbonyl (C=O) groups is 1. The molecule has 140 valence electrons. The first kappa shape index (κ1) is 18.5. The number of ketones is 1. The number of fused-ring (bicyclic) bond motifs is 1. The van der Waals surface area contributed by atoms with E-state index >= 15 is 0 Å². The molecule has 5 nitrogen and oxygen atoms in total. The van der Waals surface area contributed by atoms with Crippen LogP contribution in [0, 0.1) is 11.3 Å². The smallest absolute Gasteiger partial charge is 0.187 e. The number of ether oxygens (including phenoxy) is 4. The SMILES string of the molecule is C=CC[C@@]12C[C@H](OC)C(=O)C=C1O[C@H](c1ccc(OC)c(OC)c1)[C@@H]2C. The topological polar surface area (TPSA) is 54.0 Å². The third-order valence-electron chi connectivity index (χ3n) is 5.74. The molecule has 1 saturated heterocycles. The molecule has 1 aromatic carbocycles. The summed E-state index contributed by atoms with van der Waals surface area (Å²) in [7, 11) is 4.81. The molecule has 26 heavy (non-hydrogen) atoms. The Bertz CT molecular complexity index is 738. The highest BCUT2D eigenvalue weighted by Gasteiger charge is 2.55. The zero-order valence-corrected chi connectivity index (χ0v) is 15.8. The summed E-state index contributed by atoms with van der Waals surface area (Å²) in [5.41, 5.74) is 0.712. The van der Waals surface area contributed by atoms with Gasteiger partial charge in [0.15, 0.2) is 17.3 Å². The normalized spacial score (nSPS) is 30.2. The molecule has 1 aliphatic carbocycles. The second kappa shape index (κ2) is 7.16. The molecule has 3 rings (SSSR count). The Labute approximate surface area is 154 Å². The van der Waals surface area contributed by atoms with Gasteiger partial charge in [0, 0.05) is 24.5 Å². The second-order valence-corrected chi connectivity index (χ2v) is 6.93. The van der Waals surface area contributed by atoms with E-state index in [1.54, 1.807) is 27.4 Å². The van der Waals surface area contributed by atoms with E-state index in [-0.39, 0.29) is 23.2 Å². The molecule has 1 aromatic rings. The molecule has 1 aliphatic heterocycles. The van der Waals surface area contributed by atoms with Crippen LogP contribution in [0.4, 0.5) is 0 Å². The number of rotatable bonds is 6. The maximum Gasteiger partial charge on any atom is 0.187 e. The molecule has 1 heterocycles. The molecule has 5 heteroatoms. The lowest BCUT2D eigenvalue weighted by Gasteiger charge is -2.37. The fourth-order valence-corrected chi connectivity index (χ4v) is 4.20. The van der Waals surface area contributed by atoms with Gasteiger partial charge in [-0.1, -0.05) is 19.1 Å². The van der Waals surface area contributed by atoms with Crippen LogP contribution >= 0.6 is 0 Å². The second-order valence-electron chi connectivity index (χ2n) is 6.93. The summed E-state index contributed by atoms with van der Waals surface area (Å²) in [5.74, 6) is 2.18. The lowest BCUT2D eigenvalue weighted by molar-refractivity contribution is -0.127. The molecule has 0 aromatic heterocycles. The zero-order chi connectivity index (χ0) is 18.9. The van der Waals surface area contributed by atoms with Gasteiger partial charge in [-0.2, -0.15) is 0 Å². The molecule has 0 N–H and O–H groups in total. The van der Waals surface area contributed by atoms with E-state index in [0.717, 1.165) is 17.7 Å². The number of hydrogen-bond donors (Lipinski definition) is 0. The van der Waals surface area contributed by atoms with Gasteiger partial charge in [0.1, 0.15) is 18.0 Å². The molecule has 0 radical (unpaired) electrons. The molecular formula is C21H26O5. The highest BCUT2D eigenvalue weighted by Crippen LogP contribution is 2.59. The quantitative estimate of drug-likeness (QED) is 0.723. The summed E-state index contributed by atoms with van der Waals surface area (Å²) in [5, 5.41) is 0. The molecule has 0 spiro atoms. The molecule has 2 aliphatic rings. The van der Waals surface area contributed by atoms with Crippen molar-refractivity contribution in [2.45, 2.75) is 32.0 Å². The van der Waals surface area contributed by atoms with Crippen molar-refractivity contribution in [1.29, 1.82) is 0 Å². The number of benzene rings is 1. The predicted octanol–water partition coefficient (Wildman–Crippen LogP) is 3.85. The van der Waals surface area contributed by atoms with Crippen LogP contribution in [0.1, 0.15) is 31.4 Å². The van der Waals surface area contributed by atoms with Gasteiger partial charge in [-0.05, 0) is 30.5 Å². The Morgan fingerprint density at radius 3 is 2.62 bits per heavy atom. The fraction of sp³-hybridized carbons (Fsp3) is 0.476. The largest absolute Gasteiger partial charge is 0.493 e. The minimum atomic E-state index is -0.436. The number of allylic oxidation sites excluding steroid dienone is 2. The van der Waals surface area contributed by atoms with E-state index in [0.29, 0.717) is 17.9 Å². The minimum Gasteiger partial charge on any atom is -0.493 e. The first-order valence-electron chi connectivity index (χ1n) is 8.79. The van der Waals surface area contributed by atoms with Crippen LogP contribution in [0.15, 0.2) is 42.7 Å². The van der Waals surface area contributed by atoms with Gasteiger partial charge >= 0.3 is 0 Å². The van der Waals surface area contributed by atoms with E-state index in [1.165, 1.54) is 0 Å². The van der Waals surface area contributed by atoms with E-state index < -0.39 is 6.10 Å². The molecule has 4 atom stereocenters. The number of carbonyl (C=O) groups excluding carboxylic acids is 1. The first-order valence-corrected chi connectivity index (χ1v) is 8.79. The van der Waals surface area contributed by atoms with Gasteiger partial charge in [0.05, 0.1) is 14.2 Å². The van der Waals surface area contributed by atoms with Crippen LogP contribution in [0.3, 0.4) is 0 Å². The van der Waals surface area contributed by atoms with Crippen molar-refractivity contribution in [2.75, 3.05) is 21.3 Å². The van der Waals surface area contributed by atoms with Gasteiger partial charge in [-0.3, -0.25) is 4.79 Å². The summed E-state index contributed by atoms with van der Waals surface area (Å²) in [6.07, 6.45) is 4.23. The highest BCUT2D eigenvalue weighted by molar-refractivity contribution is 5.95.